The fraction of sp³-hybridized carbons (Fsp3) is 0.625. The van der Waals surface area contributed by atoms with Crippen molar-refractivity contribution >= 4 is 17.2 Å². The Morgan fingerprint density at radius 2 is 2.17 bits per heavy atom. The van der Waals surface area contributed by atoms with Crippen molar-refractivity contribution in [2.75, 3.05) is 20.6 Å². The number of nitrogens with zero attached hydrogens (tertiary/aromatic N) is 6. The highest BCUT2D eigenvalue weighted by Gasteiger charge is 2.32. The summed E-state index contributed by atoms with van der Waals surface area (Å²) in [6, 6.07) is 0. The molecule has 1 aliphatic heterocycles. The fourth-order valence-electron chi connectivity index (χ4n) is 3.03. The van der Waals surface area contributed by atoms with Gasteiger partial charge in [0.25, 0.3) is 0 Å². The van der Waals surface area contributed by atoms with Crippen LogP contribution < -0.4 is 0 Å². The van der Waals surface area contributed by atoms with Crippen LogP contribution in [-0.2, 0) is 30.8 Å². The van der Waals surface area contributed by atoms with Crippen LogP contribution in [0, 0.1) is 0 Å². The highest BCUT2D eigenvalue weighted by molar-refractivity contribution is 7.09. The number of rotatable bonds is 5. The van der Waals surface area contributed by atoms with Gasteiger partial charge in [0.2, 0.25) is 5.91 Å². The Kier molecular flexibility index (Phi) is 4.09. The van der Waals surface area contributed by atoms with Crippen molar-refractivity contribution in [2.24, 2.45) is 0 Å². The van der Waals surface area contributed by atoms with E-state index in [9.17, 15) is 4.79 Å². The average molecular weight is 346 g/mol. The van der Waals surface area contributed by atoms with Crippen LogP contribution >= 0.6 is 11.3 Å². The third-order valence-electron chi connectivity index (χ3n) is 4.59. The molecule has 1 saturated carbocycles. The summed E-state index contributed by atoms with van der Waals surface area (Å²) in [5.41, 5.74) is 1.04. The number of amides is 1. The summed E-state index contributed by atoms with van der Waals surface area (Å²) in [6.07, 6.45) is 2.90. The SMILES string of the molecule is CN(C)C(=O)Cc1nc(CN2CCn3c(nnc3C3CC3)C2)cs1. The molecule has 8 heteroatoms. The number of carbonyl (C=O) groups excluding carboxylic acids is 1. The maximum atomic E-state index is 11.8. The zero-order valence-corrected chi connectivity index (χ0v) is 14.9. The highest BCUT2D eigenvalue weighted by Crippen LogP contribution is 2.39. The summed E-state index contributed by atoms with van der Waals surface area (Å²) in [5, 5.41) is 11.7. The lowest BCUT2D eigenvalue weighted by Gasteiger charge is -2.27. The lowest BCUT2D eigenvalue weighted by atomic mass is 10.3. The third kappa shape index (κ3) is 3.21. The van der Waals surface area contributed by atoms with Crippen LogP contribution in [0.25, 0.3) is 0 Å². The van der Waals surface area contributed by atoms with Gasteiger partial charge in [0.05, 0.1) is 18.7 Å². The van der Waals surface area contributed by atoms with E-state index in [-0.39, 0.29) is 5.91 Å². The molecule has 0 unspecified atom stereocenters. The first kappa shape index (κ1) is 15.7. The quantitative estimate of drug-likeness (QED) is 0.815. The van der Waals surface area contributed by atoms with Crippen LogP contribution in [0.2, 0.25) is 0 Å². The molecule has 0 N–H and O–H groups in total. The maximum Gasteiger partial charge on any atom is 0.228 e. The lowest BCUT2D eigenvalue weighted by Crippen LogP contribution is -2.34. The van der Waals surface area contributed by atoms with Gasteiger partial charge in [0, 0.05) is 45.0 Å². The minimum Gasteiger partial charge on any atom is -0.348 e. The first-order valence-electron chi connectivity index (χ1n) is 8.38. The predicted octanol–water partition coefficient (Wildman–Crippen LogP) is 1.26. The van der Waals surface area contributed by atoms with Gasteiger partial charge in [-0.3, -0.25) is 9.69 Å². The fourth-order valence-corrected chi connectivity index (χ4v) is 3.80. The second-order valence-electron chi connectivity index (χ2n) is 6.81. The predicted molar refractivity (Wildman–Crippen MR) is 90.6 cm³/mol. The van der Waals surface area contributed by atoms with E-state index in [0.717, 1.165) is 42.7 Å². The van der Waals surface area contributed by atoms with Crippen molar-refractivity contribution in [3.05, 3.63) is 27.7 Å². The van der Waals surface area contributed by atoms with Crippen molar-refractivity contribution in [1.82, 2.24) is 29.5 Å². The van der Waals surface area contributed by atoms with Gasteiger partial charge in [-0.05, 0) is 12.8 Å². The molecule has 0 atom stereocenters. The van der Waals surface area contributed by atoms with E-state index in [1.807, 2.05) is 0 Å². The summed E-state index contributed by atoms with van der Waals surface area (Å²) < 4.78 is 2.30. The first-order chi connectivity index (χ1) is 11.6. The smallest absolute Gasteiger partial charge is 0.228 e. The van der Waals surface area contributed by atoms with Gasteiger partial charge in [-0.25, -0.2) is 4.98 Å². The number of thiazole rings is 1. The van der Waals surface area contributed by atoms with E-state index in [1.165, 1.54) is 18.7 Å². The summed E-state index contributed by atoms with van der Waals surface area (Å²) in [6.45, 7) is 3.58. The van der Waals surface area contributed by atoms with Crippen LogP contribution in [-0.4, -0.2) is 56.1 Å². The molecule has 1 fully saturated rings. The minimum absolute atomic E-state index is 0.0922. The van der Waals surface area contributed by atoms with Crippen molar-refractivity contribution in [3.63, 3.8) is 0 Å². The lowest BCUT2D eigenvalue weighted by molar-refractivity contribution is -0.127. The molecule has 0 radical (unpaired) electrons. The van der Waals surface area contributed by atoms with Gasteiger partial charge in [0.15, 0.2) is 0 Å². The molecule has 3 heterocycles. The molecule has 4 rings (SSSR count). The van der Waals surface area contributed by atoms with Gasteiger partial charge in [-0.1, -0.05) is 0 Å². The zero-order valence-electron chi connectivity index (χ0n) is 14.1. The van der Waals surface area contributed by atoms with Crippen LogP contribution in [0.5, 0.6) is 0 Å². The Morgan fingerprint density at radius 1 is 1.33 bits per heavy atom. The molecule has 24 heavy (non-hydrogen) atoms. The van der Waals surface area contributed by atoms with E-state index in [0.29, 0.717) is 12.3 Å². The zero-order chi connectivity index (χ0) is 16.7. The monoisotopic (exact) mass is 346 g/mol. The standard InChI is InChI=1S/C16H22N6OS/c1-20(2)15(23)7-14-17-12(10-24-14)8-21-5-6-22-13(9-21)18-19-16(22)11-3-4-11/h10-11H,3-9H2,1-2H3. The number of aromatic nitrogens is 4. The van der Waals surface area contributed by atoms with Gasteiger partial charge >= 0.3 is 0 Å². The number of hydrogen-bond donors (Lipinski definition) is 0. The molecule has 1 aliphatic carbocycles. The molecule has 1 amide bonds. The summed E-state index contributed by atoms with van der Waals surface area (Å²) in [7, 11) is 3.55. The average Bonchev–Trinajstić information content (AvgIpc) is 3.17. The molecule has 128 valence electrons. The molecule has 0 spiro atoms. The molecule has 2 aliphatic rings. The van der Waals surface area contributed by atoms with Crippen molar-refractivity contribution in [2.45, 2.75) is 44.8 Å². The molecule has 0 bridgehead atoms. The van der Waals surface area contributed by atoms with Crippen LogP contribution in [0.1, 0.15) is 41.1 Å². The molecule has 0 aromatic carbocycles. The van der Waals surface area contributed by atoms with Crippen LogP contribution in [0.15, 0.2) is 5.38 Å². The number of fused-ring (bicyclic) bond motifs is 1. The molecule has 0 saturated heterocycles. The third-order valence-corrected chi connectivity index (χ3v) is 5.49. The molecular formula is C16H22N6OS. The van der Waals surface area contributed by atoms with E-state index >= 15 is 0 Å². The number of carbonyl (C=O) groups is 1. The maximum absolute atomic E-state index is 11.8. The van der Waals surface area contributed by atoms with Crippen molar-refractivity contribution < 1.29 is 4.79 Å². The van der Waals surface area contributed by atoms with Crippen LogP contribution in [0.3, 0.4) is 0 Å². The summed E-state index contributed by atoms with van der Waals surface area (Å²) in [5.74, 6) is 2.99. The van der Waals surface area contributed by atoms with Gasteiger partial charge in [-0.2, -0.15) is 0 Å². The van der Waals surface area contributed by atoms with Crippen LogP contribution in [0.4, 0.5) is 0 Å². The van der Waals surface area contributed by atoms with Gasteiger partial charge in [0.1, 0.15) is 16.7 Å². The molecule has 2 aromatic heterocycles. The van der Waals surface area contributed by atoms with E-state index < -0.39 is 0 Å². The van der Waals surface area contributed by atoms with E-state index in [2.05, 4.69) is 30.0 Å². The number of hydrogen-bond acceptors (Lipinski definition) is 6. The van der Waals surface area contributed by atoms with Gasteiger partial charge < -0.3 is 9.47 Å². The van der Waals surface area contributed by atoms with Crippen molar-refractivity contribution in [3.8, 4) is 0 Å². The second-order valence-corrected chi connectivity index (χ2v) is 7.75. The number of likely N-dealkylation sites (N-methyl/N-ethyl adjacent to an activating group) is 1. The Morgan fingerprint density at radius 3 is 2.92 bits per heavy atom. The second kappa shape index (κ2) is 6.25. The normalized spacial score (nSPS) is 17.8. The van der Waals surface area contributed by atoms with Crippen molar-refractivity contribution in [1.29, 1.82) is 0 Å². The summed E-state index contributed by atoms with van der Waals surface area (Å²) >= 11 is 1.57. The Hall–Kier alpha value is -1.80. The van der Waals surface area contributed by atoms with E-state index in [4.69, 9.17) is 0 Å². The summed E-state index contributed by atoms with van der Waals surface area (Å²) in [4.78, 5) is 20.3. The topological polar surface area (TPSA) is 67.2 Å². The minimum atomic E-state index is 0.0922. The Labute approximate surface area is 145 Å². The molecule has 7 nitrogen and oxygen atoms in total. The largest absolute Gasteiger partial charge is 0.348 e. The highest BCUT2D eigenvalue weighted by atomic mass is 32.1. The first-order valence-corrected chi connectivity index (χ1v) is 9.26. The Balaban J connectivity index is 1.38. The molecular weight excluding hydrogens is 324 g/mol. The molecule has 2 aromatic rings. The van der Waals surface area contributed by atoms with E-state index in [1.54, 1.807) is 30.3 Å². The Bertz CT molecular complexity index is 748. The van der Waals surface area contributed by atoms with Gasteiger partial charge in [-0.15, -0.1) is 21.5 Å².